The molecular formula is C24H29N3O3S. The standard InChI is InChI=1S/C24H29N3O3S/c1-17-4-3-5-23(25-17)27-24(11-13-31(27,29)30)10-12-26(18(2)15-24)16-19-6-9-22(28)21(14-19)20-7-8-20/h3-6,9,11,13-14,18,20,28H,7-8,10,12,15-16H2,1-2H3/t18-,24-/m0/s1. The Labute approximate surface area is 184 Å². The van der Waals surface area contributed by atoms with Gasteiger partial charge in [0.2, 0.25) is 0 Å². The van der Waals surface area contributed by atoms with Crippen LogP contribution in [0.1, 0.15) is 55.3 Å². The summed E-state index contributed by atoms with van der Waals surface area (Å²) in [7, 11) is -3.53. The number of phenolic OH excluding ortho intramolecular Hbond substituents is 1. The van der Waals surface area contributed by atoms with Crippen LogP contribution in [0.5, 0.6) is 5.75 Å². The summed E-state index contributed by atoms with van der Waals surface area (Å²) in [4.78, 5) is 6.93. The molecule has 3 aliphatic rings. The number of benzene rings is 1. The Morgan fingerprint density at radius 3 is 2.74 bits per heavy atom. The molecule has 1 spiro atoms. The smallest absolute Gasteiger partial charge is 0.259 e. The molecule has 0 bridgehead atoms. The summed E-state index contributed by atoms with van der Waals surface area (Å²) >= 11 is 0. The summed E-state index contributed by atoms with van der Waals surface area (Å²) in [5.74, 6) is 1.41. The molecule has 3 heterocycles. The summed E-state index contributed by atoms with van der Waals surface area (Å²) in [5, 5.41) is 11.5. The van der Waals surface area contributed by atoms with E-state index in [1.165, 1.54) is 15.3 Å². The van der Waals surface area contributed by atoms with E-state index in [4.69, 9.17) is 0 Å². The van der Waals surface area contributed by atoms with Crippen molar-refractivity contribution < 1.29 is 13.5 Å². The van der Waals surface area contributed by atoms with Gasteiger partial charge in [0, 0.05) is 30.2 Å². The molecule has 31 heavy (non-hydrogen) atoms. The predicted octanol–water partition coefficient (Wildman–Crippen LogP) is 4.06. The number of likely N-dealkylation sites (tertiary alicyclic amines) is 1. The minimum absolute atomic E-state index is 0.206. The van der Waals surface area contributed by atoms with Crippen molar-refractivity contribution in [3.05, 3.63) is 64.7 Å². The van der Waals surface area contributed by atoms with Crippen molar-refractivity contribution in [3.63, 3.8) is 0 Å². The molecule has 1 aromatic heterocycles. The van der Waals surface area contributed by atoms with Gasteiger partial charge in [-0.2, -0.15) is 0 Å². The summed E-state index contributed by atoms with van der Waals surface area (Å²) in [5.41, 5.74) is 2.51. The highest BCUT2D eigenvalue weighted by Crippen LogP contribution is 2.45. The SMILES string of the molecule is Cc1cccc(N2[C@]3(C=CS2(=O)=O)CCN(Cc2ccc(O)c(C4CC4)c2)[C@@H](C)C3)n1. The fraction of sp³-hybridized carbons (Fsp3) is 0.458. The normalized spacial score (nSPS) is 27.8. The molecule has 2 atom stereocenters. The molecular weight excluding hydrogens is 410 g/mol. The van der Waals surface area contributed by atoms with E-state index in [1.807, 2.05) is 37.3 Å². The minimum atomic E-state index is -3.53. The van der Waals surface area contributed by atoms with Gasteiger partial charge in [0.15, 0.2) is 0 Å². The lowest BCUT2D eigenvalue weighted by Gasteiger charge is -2.47. The number of aromatic hydroxyl groups is 1. The van der Waals surface area contributed by atoms with Gasteiger partial charge in [-0.05, 0) is 80.9 Å². The predicted molar refractivity (Wildman–Crippen MR) is 121 cm³/mol. The third kappa shape index (κ3) is 3.74. The average Bonchev–Trinajstić information content (AvgIpc) is 3.52. The summed E-state index contributed by atoms with van der Waals surface area (Å²) in [6, 6.07) is 11.7. The van der Waals surface area contributed by atoms with Crippen LogP contribution >= 0.6 is 0 Å². The van der Waals surface area contributed by atoms with Crippen LogP contribution in [0.4, 0.5) is 5.82 Å². The minimum Gasteiger partial charge on any atom is -0.508 e. The molecule has 2 fully saturated rings. The van der Waals surface area contributed by atoms with E-state index in [0.29, 0.717) is 23.9 Å². The van der Waals surface area contributed by atoms with Crippen LogP contribution in [-0.4, -0.2) is 41.5 Å². The number of aryl methyl sites for hydroxylation is 1. The van der Waals surface area contributed by atoms with E-state index in [9.17, 15) is 13.5 Å². The van der Waals surface area contributed by atoms with Crippen molar-refractivity contribution >= 4 is 15.8 Å². The molecule has 1 aromatic carbocycles. The maximum atomic E-state index is 12.9. The van der Waals surface area contributed by atoms with Crippen LogP contribution in [0.15, 0.2) is 47.9 Å². The monoisotopic (exact) mass is 439 g/mol. The van der Waals surface area contributed by atoms with Gasteiger partial charge in [-0.1, -0.05) is 18.2 Å². The molecule has 0 amide bonds. The summed E-state index contributed by atoms with van der Waals surface area (Å²) in [6.07, 6.45) is 5.61. The van der Waals surface area contributed by atoms with Crippen molar-refractivity contribution in [2.24, 2.45) is 0 Å². The molecule has 6 nitrogen and oxygen atoms in total. The molecule has 1 saturated heterocycles. The number of anilines is 1. The Kier molecular flexibility index (Phi) is 4.86. The summed E-state index contributed by atoms with van der Waals surface area (Å²) in [6.45, 7) is 5.65. The van der Waals surface area contributed by atoms with Gasteiger partial charge in [0.05, 0.1) is 5.54 Å². The van der Waals surface area contributed by atoms with Gasteiger partial charge < -0.3 is 5.11 Å². The second-order valence-corrected chi connectivity index (χ2v) is 11.0. The molecule has 5 rings (SSSR count). The topological polar surface area (TPSA) is 73.7 Å². The van der Waals surface area contributed by atoms with E-state index in [2.05, 4.69) is 22.9 Å². The second-order valence-electron chi connectivity index (χ2n) is 9.29. The fourth-order valence-corrected chi connectivity index (χ4v) is 6.77. The number of nitrogens with zero attached hydrogens (tertiary/aromatic N) is 3. The molecule has 0 radical (unpaired) electrons. The Balaban J connectivity index is 1.37. The fourth-order valence-electron chi connectivity index (χ4n) is 5.12. The Morgan fingerprint density at radius 1 is 1.23 bits per heavy atom. The highest BCUT2D eigenvalue weighted by molar-refractivity contribution is 7.96. The van der Waals surface area contributed by atoms with Crippen LogP contribution in [0.25, 0.3) is 0 Å². The molecule has 1 aliphatic carbocycles. The van der Waals surface area contributed by atoms with E-state index in [0.717, 1.165) is 43.6 Å². The van der Waals surface area contributed by atoms with Gasteiger partial charge in [0.1, 0.15) is 11.6 Å². The number of phenols is 1. The lowest BCUT2D eigenvalue weighted by Crippen LogP contribution is -2.56. The highest BCUT2D eigenvalue weighted by Gasteiger charge is 2.49. The van der Waals surface area contributed by atoms with Gasteiger partial charge in [-0.15, -0.1) is 0 Å². The lowest BCUT2D eigenvalue weighted by molar-refractivity contribution is 0.119. The number of pyridine rings is 1. The second kappa shape index (κ2) is 7.35. The third-order valence-electron chi connectivity index (χ3n) is 6.89. The van der Waals surface area contributed by atoms with Crippen LogP contribution in [0.3, 0.4) is 0 Å². The first-order valence-corrected chi connectivity index (χ1v) is 12.5. The lowest BCUT2D eigenvalue weighted by atomic mass is 9.83. The number of hydrogen-bond donors (Lipinski definition) is 1. The zero-order chi connectivity index (χ0) is 21.8. The number of aromatic nitrogens is 1. The number of sulfonamides is 1. The van der Waals surface area contributed by atoms with E-state index < -0.39 is 15.6 Å². The molecule has 7 heteroatoms. The van der Waals surface area contributed by atoms with Gasteiger partial charge >= 0.3 is 0 Å². The average molecular weight is 440 g/mol. The van der Waals surface area contributed by atoms with E-state index in [1.54, 1.807) is 6.07 Å². The van der Waals surface area contributed by atoms with Crippen molar-refractivity contribution in [2.45, 2.75) is 63.6 Å². The molecule has 2 aliphatic heterocycles. The Hall–Kier alpha value is -2.38. The van der Waals surface area contributed by atoms with Crippen LogP contribution < -0.4 is 4.31 Å². The third-order valence-corrected chi connectivity index (χ3v) is 8.43. The molecule has 1 N–H and O–H groups in total. The van der Waals surface area contributed by atoms with Gasteiger partial charge in [-0.3, -0.25) is 4.90 Å². The summed E-state index contributed by atoms with van der Waals surface area (Å²) < 4.78 is 27.4. The van der Waals surface area contributed by atoms with Crippen LogP contribution in [0, 0.1) is 6.92 Å². The molecule has 0 unspecified atom stereocenters. The van der Waals surface area contributed by atoms with Crippen LogP contribution in [0.2, 0.25) is 0 Å². The maximum Gasteiger partial charge on any atom is 0.259 e. The highest BCUT2D eigenvalue weighted by atomic mass is 32.2. The van der Waals surface area contributed by atoms with Crippen molar-refractivity contribution in [2.75, 3.05) is 10.8 Å². The largest absolute Gasteiger partial charge is 0.508 e. The molecule has 164 valence electrons. The van der Waals surface area contributed by atoms with Gasteiger partial charge in [0.25, 0.3) is 10.0 Å². The first kappa shape index (κ1) is 20.5. The number of hydrogen-bond acceptors (Lipinski definition) is 5. The Morgan fingerprint density at radius 2 is 2.03 bits per heavy atom. The van der Waals surface area contributed by atoms with Crippen molar-refractivity contribution in [3.8, 4) is 5.75 Å². The maximum absolute atomic E-state index is 12.9. The van der Waals surface area contributed by atoms with Crippen LogP contribution in [-0.2, 0) is 16.6 Å². The zero-order valence-corrected chi connectivity index (χ0v) is 18.8. The number of piperidine rings is 1. The first-order valence-electron chi connectivity index (χ1n) is 11.0. The Bertz CT molecular complexity index is 1140. The van der Waals surface area contributed by atoms with Crippen molar-refractivity contribution in [1.82, 2.24) is 9.88 Å². The van der Waals surface area contributed by atoms with E-state index >= 15 is 0 Å². The van der Waals surface area contributed by atoms with Crippen molar-refractivity contribution in [1.29, 1.82) is 0 Å². The molecule has 1 saturated carbocycles. The first-order chi connectivity index (χ1) is 14.8. The molecule has 2 aromatic rings. The van der Waals surface area contributed by atoms with E-state index in [-0.39, 0.29) is 6.04 Å². The number of rotatable bonds is 4. The van der Waals surface area contributed by atoms with Gasteiger partial charge in [-0.25, -0.2) is 17.7 Å². The zero-order valence-electron chi connectivity index (χ0n) is 18.0. The quantitative estimate of drug-likeness (QED) is 0.778.